The molecule has 1 amide bonds. The fourth-order valence-electron chi connectivity index (χ4n) is 2.17. The summed E-state index contributed by atoms with van der Waals surface area (Å²) < 4.78 is 10.5. The van der Waals surface area contributed by atoms with Gasteiger partial charge in [0.25, 0.3) is 0 Å². The highest BCUT2D eigenvalue weighted by Crippen LogP contribution is 2.24. The first-order valence-corrected chi connectivity index (χ1v) is 6.98. The van der Waals surface area contributed by atoms with Crippen molar-refractivity contribution in [2.24, 2.45) is 0 Å². The number of methoxy groups -OCH3 is 2. The van der Waals surface area contributed by atoms with E-state index in [0.717, 1.165) is 11.1 Å². The Balaban J connectivity index is 2.07. The monoisotopic (exact) mass is 300 g/mol. The van der Waals surface area contributed by atoms with E-state index in [1.54, 1.807) is 38.6 Å². The number of hydrogen-bond donors (Lipinski definition) is 0. The molecule has 0 saturated heterocycles. The van der Waals surface area contributed by atoms with Gasteiger partial charge in [0.05, 0.1) is 20.6 Å². The van der Waals surface area contributed by atoms with Crippen LogP contribution in [0.15, 0.2) is 42.7 Å². The molecule has 2 aromatic rings. The molecule has 116 valence electrons. The lowest BCUT2D eigenvalue weighted by Gasteiger charge is -2.18. The molecule has 0 unspecified atom stereocenters. The number of hydrogen-bond acceptors (Lipinski definition) is 4. The zero-order valence-electron chi connectivity index (χ0n) is 13.1. The van der Waals surface area contributed by atoms with Crippen molar-refractivity contribution in [2.75, 3.05) is 21.3 Å². The predicted molar refractivity (Wildman–Crippen MR) is 84.0 cm³/mol. The molecule has 5 nitrogen and oxygen atoms in total. The number of benzene rings is 1. The van der Waals surface area contributed by atoms with Crippen molar-refractivity contribution >= 4 is 5.91 Å². The first kappa shape index (κ1) is 15.8. The molecule has 0 aliphatic rings. The molecule has 0 aliphatic heterocycles. The van der Waals surface area contributed by atoms with E-state index < -0.39 is 0 Å². The highest BCUT2D eigenvalue weighted by Gasteiger charge is 2.14. The molecule has 0 spiro atoms. The summed E-state index contributed by atoms with van der Waals surface area (Å²) >= 11 is 0. The van der Waals surface area contributed by atoms with Gasteiger partial charge in [-0.25, -0.2) is 0 Å². The van der Waals surface area contributed by atoms with Crippen LogP contribution in [0.5, 0.6) is 11.5 Å². The maximum Gasteiger partial charge on any atom is 0.227 e. The molecular weight excluding hydrogens is 280 g/mol. The number of carbonyl (C=O) groups is 1. The summed E-state index contributed by atoms with van der Waals surface area (Å²) in [6.45, 7) is 0.549. The van der Waals surface area contributed by atoms with Crippen molar-refractivity contribution in [1.82, 2.24) is 9.88 Å². The van der Waals surface area contributed by atoms with Gasteiger partial charge >= 0.3 is 0 Å². The summed E-state index contributed by atoms with van der Waals surface area (Å²) in [5.41, 5.74) is 1.86. The van der Waals surface area contributed by atoms with E-state index >= 15 is 0 Å². The number of pyridine rings is 1. The maximum absolute atomic E-state index is 12.4. The van der Waals surface area contributed by atoms with Crippen LogP contribution in [-0.4, -0.2) is 37.1 Å². The molecule has 5 heteroatoms. The van der Waals surface area contributed by atoms with Gasteiger partial charge in [0, 0.05) is 31.5 Å². The van der Waals surface area contributed by atoms with Crippen molar-refractivity contribution in [3.8, 4) is 11.5 Å². The van der Waals surface area contributed by atoms with E-state index in [2.05, 4.69) is 4.98 Å². The Hall–Kier alpha value is -2.56. The summed E-state index contributed by atoms with van der Waals surface area (Å²) in [6.07, 6.45) is 3.71. The number of ether oxygens (including phenoxy) is 2. The van der Waals surface area contributed by atoms with Crippen LogP contribution in [0, 0.1) is 0 Å². The zero-order chi connectivity index (χ0) is 15.9. The third-order valence-corrected chi connectivity index (χ3v) is 3.42. The van der Waals surface area contributed by atoms with Gasteiger partial charge in [-0.2, -0.15) is 0 Å². The van der Waals surface area contributed by atoms with Gasteiger partial charge in [-0.15, -0.1) is 0 Å². The van der Waals surface area contributed by atoms with Gasteiger partial charge in [-0.3, -0.25) is 9.78 Å². The second kappa shape index (κ2) is 7.45. The third kappa shape index (κ3) is 3.97. The number of rotatable bonds is 6. The van der Waals surface area contributed by atoms with Crippen molar-refractivity contribution in [1.29, 1.82) is 0 Å². The average Bonchev–Trinajstić information content (AvgIpc) is 2.55. The largest absolute Gasteiger partial charge is 0.497 e. The highest BCUT2D eigenvalue weighted by molar-refractivity contribution is 5.79. The second-order valence-electron chi connectivity index (χ2n) is 4.96. The highest BCUT2D eigenvalue weighted by atomic mass is 16.5. The summed E-state index contributed by atoms with van der Waals surface area (Å²) in [6, 6.07) is 9.25. The van der Waals surface area contributed by atoms with E-state index in [4.69, 9.17) is 9.47 Å². The van der Waals surface area contributed by atoms with Crippen molar-refractivity contribution < 1.29 is 14.3 Å². The number of aromatic nitrogens is 1. The summed E-state index contributed by atoms with van der Waals surface area (Å²) in [7, 11) is 4.98. The van der Waals surface area contributed by atoms with Crippen LogP contribution in [0.3, 0.4) is 0 Å². The van der Waals surface area contributed by atoms with Crippen LogP contribution in [0.4, 0.5) is 0 Å². The molecule has 0 radical (unpaired) electrons. The molecular formula is C17H20N2O3. The van der Waals surface area contributed by atoms with Gasteiger partial charge in [0.1, 0.15) is 11.5 Å². The standard InChI is InChI=1S/C17H20N2O3/c1-19(12-13-6-8-18-9-7-13)17(20)11-14-10-15(21-2)4-5-16(14)22-3/h4-10H,11-12H2,1-3H3. The Bertz CT molecular complexity index is 629. The number of amides is 1. The lowest BCUT2D eigenvalue weighted by molar-refractivity contribution is -0.129. The minimum atomic E-state index is 0.0170. The Kier molecular flexibility index (Phi) is 5.36. The number of carbonyl (C=O) groups excluding carboxylic acids is 1. The Morgan fingerprint density at radius 2 is 1.86 bits per heavy atom. The minimum Gasteiger partial charge on any atom is -0.497 e. The second-order valence-corrected chi connectivity index (χ2v) is 4.96. The molecule has 22 heavy (non-hydrogen) atoms. The van der Waals surface area contributed by atoms with Crippen LogP contribution < -0.4 is 9.47 Å². The van der Waals surface area contributed by atoms with Gasteiger partial charge in [-0.05, 0) is 35.9 Å². The Morgan fingerprint density at radius 3 is 2.50 bits per heavy atom. The maximum atomic E-state index is 12.4. The van der Waals surface area contributed by atoms with Crippen LogP contribution in [-0.2, 0) is 17.8 Å². The van der Waals surface area contributed by atoms with E-state index in [1.165, 1.54) is 0 Å². The SMILES string of the molecule is COc1ccc(OC)c(CC(=O)N(C)Cc2ccncc2)c1. The van der Waals surface area contributed by atoms with E-state index in [0.29, 0.717) is 18.0 Å². The summed E-state index contributed by atoms with van der Waals surface area (Å²) in [5.74, 6) is 1.41. The van der Waals surface area contributed by atoms with Gasteiger partial charge in [0.15, 0.2) is 0 Å². The van der Waals surface area contributed by atoms with E-state index in [9.17, 15) is 4.79 Å². The van der Waals surface area contributed by atoms with Crippen LogP contribution >= 0.6 is 0 Å². The van der Waals surface area contributed by atoms with Crippen LogP contribution in [0.1, 0.15) is 11.1 Å². The molecule has 0 bridgehead atoms. The quantitative estimate of drug-likeness (QED) is 0.821. The lowest BCUT2D eigenvalue weighted by atomic mass is 10.1. The summed E-state index contributed by atoms with van der Waals surface area (Å²) in [4.78, 5) is 18.1. The topological polar surface area (TPSA) is 51.7 Å². The van der Waals surface area contributed by atoms with Crippen LogP contribution in [0.2, 0.25) is 0 Å². The molecule has 0 atom stereocenters. The van der Waals surface area contributed by atoms with Gasteiger partial charge in [0.2, 0.25) is 5.91 Å². The summed E-state index contributed by atoms with van der Waals surface area (Å²) in [5, 5.41) is 0. The normalized spacial score (nSPS) is 10.1. The molecule has 0 aliphatic carbocycles. The average molecular weight is 300 g/mol. The number of nitrogens with zero attached hydrogens (tertiary/aromatic N) is 2. The van der Waals surface area contributed by atoms with Gasteiger partial charge < -0.3 is 14.4 Å². The van der Waals surface area contributed by atoms with Crippen molar-refractivity contribution in [3.05, 3.63) is 53.9 Å². The molecule has 1 aromatic heterocycles. The smallest absolute Gasteiger partial charge is 0.227 e. The zero-order valence-corrected chi connectivity index (χ0v) is 13.1. The Morgan fingerprint density at radius 1 is 1.14 bits per heavy atom. The van der Waals surface area contributed by atoms with Crippen molar-refractivity contribution in [3.63, 3.8) is 0 Å². The van der Waals surface area contributed by atoms with E-state index in [-0.39, 0.29) is 12.3 Å². The lowest BCUT2D eigenvalue weighted by Crippen LogP contribution is -2.27. The molecule has 0 saturated carbocycles. The van der Waals surface area contributed by atoms with Crippen LogP contribution in [0.25, 0.3) is 0 Å². The first-order valence-electron chi connectivity index (χ1n) is 6.98. The van der Waals surface area contributed by atoms with E-state index in [1.807, 2.05) is 30.3 Å². The Labute approximate surface area is 130 Å². The molecule has 0 fully saturated rings. The molecule has 1 heterocycles. The predicted octanol–water partition coefficient (Wildman–Crippen LogP) is 2.30. The van der Waals surface area contributed by atoms with Crippen molar-refractivity contribution in [2.45, 2.75) is 13.0 Å². The third-order valence-electron chi connectivity index (χ3n) is 3.42. The first-order chi connectivity index (χ1) is 10.6. The number of likely N-dealkylation sites (N-methyl/N-ethyl adjacent to an activating group) is 1. The molecule has 2 rings (SSSR count). The fraction of sp³-hybridized carbons (Fsp3) is 0.294. The van der Waals surface area contributed by atoms with Gasteiger partial charge in [-0.1, -0.05) is 0 Å². The fourth-order valence-corrected chi connectivity index (χ4v) is 2.17. The minimum absolute atomic E-state index is 0.0170. The molecule has 1 aromatic carbocycles. The molecule has 0 N–H and O–H groups in total.